The van der Waals surface area contributed by atoms with E-state index in [1.807, 2.05) is 11.8 Å². The summed E-state index contributed by atoms with van der Waals surface area (Å²) in [5.41, 5.74) is 4.83. The van der Waals surface area contributed by atoms with Crippen molar-refractivity contribution in [2.75, 3.05) is 33.1 Å². The van der Waals surface area contributed by atoms with Gasteiger partial charge >= 0.3 is 0 Å². The van der Waals surface area contributed by atoms with Gasteiger partial charge < -0.3 is 20.1 Å². The van der Waals surface area contributed by atoms with Gasteiger partial charge in [0.05, 0.1) is 27.3 Å². The summed E-state index contributed by atoms with van der Waals surface area (Å²) >= 11 is 3.59. The molecule has 34 heavy (non-hydrogen) atoms. The van der Waals surface area contributed by atoms with Gasteiger partial charge in [-0.1, -0.05) is 73.3 Å². The highest BCUT2D eigenvalue weighted by molar-refractivity contribution is 8.14. The molecule has 2 aliphatic heterocycles. The molecule has 8 heteroatoms. The van der Waals surface area contributed by atoms with Crippen molar-refractivity contribution in [1.82, 2.24) is 10.6 Å². The van der Waals surface area contributed by atoms with E-state index in [1.165, 1.54) is 16.7 Å². The molecule has 1 atom stereocenters. The molecule has 2 aromatic carbocycles. The molecule has 0 amide bonds. The highest BCUT2D eigenvalue weighted by Crippen LogP contribution is 2.31. The Morgan fingerprint density at radius 3 is 2.18 bits per heavy atom. The number of hydrogen-bond acceptors (Lipinski definition) is 8. The minimum atomic E-state index is 0.391. The van der Waals surface area contributed by atoms with Gasteiger partial charge in [0, 0.05) is 35.2 Å². The highest BCUT2D eigenvalue weighted by atomic mass is 32.2. The van der Waals surface area contributed by atoms with Gasteiger partial charge in [0.2, 0.25) is 0 Å². The minimum Gasteiger partial charge on any atom is -0.496 e. The number of hydrogen-bond donors (Lipinski definition) is 2. The largest absolute Gasteiger partial charge is 0.496 e. The molecule has 0 saturated carbocycles. The number of para-hydroxylation sites is 2. The Hall–Kier alpha value is -2.32. The molecular weight excluding hydrogens is 464 g/mol. The summed E-state index contributed by atoms with van der Waals surface area (Å²) in [7, 11) is 3.52. The van der Waals surface area contributed by atoms with Gasteiger partial charge in [-0.15, -0.1) is 0 Å². The molecular formula is C26H34N4O2S2. The Labute approximate surface area is 211 Å². The highest BCUT2D eigenvalue weighted by Gasteiger charge is 2.23. The SMILES string of the molecule is CCCc1cccc(CNC2=NCC(Cc3cccc(CNC4=NCCS4)c3OC)S2)c1OC. The van der Waals surface area contributed by atoms with E-state index in [0.717, 1.165) is 72.0 Å². The molecule has 0 aromatic heterocycles. The zero-order valence-electron chi connectivity index (χ0n) is 20.2. The lowest BCUT2D eigenvalue weighted by Crippen LogP contribution is -2.20. The average molecular weight is 499 g/mol. The zero-order valence-corrected chi connectivity index (χ0v) is 21.9. The lowest BCUT2D eigenvalue weighted by Gasteiger charge is -2.17. The molecule has 2 heterocycles. The van der Waals surface area contributed by atoms with Gasteiger partial charge in [0.1, 0.15) is 11.5 Å². The molecule has 0 fully saturated rings. The molecule has 1 unspecified atom stereocenters. The van der Waals surface area contributed by atoms with Crippen LogP contribution in [-0.2, 0) is 25.9 Å². The number of methoxy groups -OCH3 is 2. The van der Waals surface area contributed by atoms with Crippen LogP contribution in [0.5, 0.6) is 11.5 Å². The van der Waals surface area contributed by atoms with Crippen LogP contribution in [0.3, 0.4) is 0 Å². The van der Waals surface area contributed by atoms with Crippen LogP contribution < -0.4 is 20.1 Å². The van der Waals surface area contributed by atoms with Crippen LogP contribution in [0.25, 0.3) is 0 Å². The Balaban J connectivity index is 1.33. The van der Waals surface area contributed by atoms with Crippen molar-refractivity contribution in [3.8, 4) is 11.5 Å². The fraction of sp³-hybridized carbons (Fsp3) is 0.462. The number of nitrogens with one attached hydrogen (secondary N) is 2. The number of benzene rings is 2. The lowest BCUT2D eigenvalue weighted by molar-refractivity contribution is 0.403. The van der Waals surface area contributed by atoms with Gasteiger partial charge in [-0.2, -0.15) is 0 Å². The second-order valence-corrected chi connectivity index (χ2v) is 10.7. The third-order valence-electron chi connectivity index (χ3n) is 5.89. The maximum Gasteiger partial charge on any atom is 0.157 e. The third kappa shape index (κ3) is 6.21. The molecule has 2 N–H and O–H groups in total. The van der Waals surface area contributed by atoms with E-state index in [1.54, 1.807) is 26.0 Å². The van der Waals surface area contributed by atoms with Crippen molar-refractivity contribution >= 4 is 33.9 Å². The van der Waals surface area contributed by atoms with Crippen molar-refractivity contribution in [1.29, 1.82) is 0 Å². The Morgan fingerprint density at radius 2 is 1.53 bits per heavy atom. The quantitative estimate of drug-likeness (QED) is 0.497. The second kappa shape index (κ2) is 12.4. The van der Waals surface area contributed by atoms with E-state index < -0.39 is 0 Å². The van der Waals surface area contributed by atoms with Crippen LogP contribution in [-0.4, -0.2) is 48.6 Å². The van der Waals surface area contributed by atoms with Crippen LogP contribution in [0.2, 0.25) is 0 Å². The minimum absolute atomic E-state index is 0.391. The van der Waals surface area contributed by atoms with Crippen molar-refractivity contribution in [2.24, 2.45) is 9.98 Å². The number of thioether (sulfide) groups is 2. The van der Waals surface area contributed by atoms with E-state index in [9.17, 15) is 0 Å². The van der Waals surface area contributed by atoms with Gasteiger partial charge in [-0.25, -0.2) is 0 Å². The van der Waals surface area contributed by atoms with Gasteiger partial charge in [0.15, 0.2) is 10.3 Å². The number of nitrogens with zero attached hydrogens (tertiary/aromatic N) is 2. The smallest absolute Gasteiger partial charge is 0.157 e. The van der Waals surface area contributed by atoms with Crippen molar-refractivity contribution in [3.05, 3.63) is 58.7 Å². The third-order valence-corrected chi connectivity index (χ3v) is 7.97. The van der Waals surface area contributed by atoms with Crippen LogP contribution in [0.1, 0.15) is 35.6 Å². The molecule has 6 nitrogen and oxygen atoms in total. The molecule has 0 radical (unpaired) electrons. The van der Waals surface area contributed by atoms with Crippen LogP contribution >= 0.6 is 23.5 Å². The first-order chi connectivity index (χ1) is 16.7. The summed E-state index contributed by atoms with van der Waals surface area (Å²) in [6.45, 7) is 5.34. The summed E-state index contributed by atoms with van der Waals surface area (Å²) in [6.07, 6.45) is 3.05. The standard InChI is InChI=1S/C26H34N4O2S2/c1-4-7-18-8-5-10-20(23(18)31-2)16-29-26-30-17-22(34-26)14-19-9-6-11-21(24(19)32-3)15-28-25-27-12-13-33-25/h5-6,8-11,22H,4,7,12-17H2,1-3H3,(H,27,28)(H,29,30). The van der Waals surface area contributed by atoms with Crippen molar-refractivity contribution in [3.63, 3.8) is 0 Å². The first-order valence-electron chi connectivity index (χ1n) is 11.9. The number of amidine groups is 2. The predicted molar refractivity (Wildman–Crippen MR) is 146 cm³/mol. The maximum atomic E-state index is 5.83. The fourth-order valence-corrected chi connectivity index (χ4v) is 6.12. The summed E-state index contributed by atoms with van der Waals surface area (Å²) < 4.78 is 11.5. The van der Waals surface area contributed by atoms with Crippen LogP contribution in [0.4, 0.5) is 0 Å². The molecule has 0 aliphatic carbocycles. The molecule has 4 rings (SSSR count). The molecule has 2 aromatic rings. The van der Waals surface area contributed by atoms with Crippen molar-refractivity contribution in [2.45, 2.75) is 44.5 Å². The zero-order chi connectivity index (χ0) is 23.8. The number of ether oxygens (including phenoxy) is 2. The Kier molecular flexibility index (Phi) is 9.04. The van der Waals surface area contributed by atoms with E-state index in [-0.39, 0.29) is 0 Å². The molecule has 182 valence electrons. The summed E-state index contributed by atoms with van der Waals surface area (Å²) in [5, 5.41) is 9.38. The van der Waals surface area contributed by atoms with Crippen LogP contribution in [0.15, 0.2) is 46.4 Å². The van der Waals surface area contributed by atoms with E-state index in [4.69, 9.17) is 14.5 Å². The lowest BCUT2D eigenvalue weighted by atomic mass is 10.0. The fourth-order valence-electron chi connectivity index (χ4n) is 4.36. The van der Waals surface area contributed by atoms with Crippen molar-refractivity contribution < 1.29 is 9.47 Å². The van der Waals surface area contributed by atoms with Gasteiger partial charge in [-0.05, 0) is 24.0 Å². The Morgan fingerprint density at radius 1 is 0.882 bits per heavy atom. The summed E-state index contributed by atoms with van der Waals surface area (Å²) in [5.74, 6) is 3.03. The van der Waals surface area contributed by atoms with Crippen LogP contribution in [0, 0.1) is 0 Å². The first kappa shape index (κ1) is 24.8. The van der Waals surface area contributed by atoms with E-state index in [2.05, 4.69) is 58.9 Å². The number of aliphatic imine (C=N–C) groups is 2. The Bertz CT molecular complexity index is 1040. The normalized spacial score (nSPS) is 17.3. The topological polar surface area (TPSA) is 67.2 Å². The molecule has 0 saturated heterocycles. The second-order valence-electron chi connectivity index (χ2n) is 8.30. The predicted octanol–water partition coefficient (Wildman–Crippen LogP) is 4.65. The molecule has 0 bridgehead atoms. The molecule has 2 aliphatic rings. The first-order valence-corrected chi connectivity index (χ1v) is 13.7. The summed E-state index contributed by atoms with van der Waals surface area (Å²) in [6, 6.07) is 12.8. The van der Waals surface area contributed by atoms with E-state index >= 15 is 0 Å². The average Bonchev–Trinajstić information content (AvgIpc) is 3.54. The number of aryl methyl sites for hydroxylation is 1. The monoisotopic (exact) mass is 498 g/mol. The molecule has 0 spiro atoms. The van der Waals surface area contributed by atoms with Gasteiger partial charge in [0.25, 0.3) is 0 Å². The summed E-state index contributed by atoms with van der Waals surface area (Å²) in [4.78, 5) is 9.24. The maximum absolute atomic E-state index is 5.83. The van der Waals surface area contributed by atoms with Gasteiger partial charge in [-0.3, -0.25) is 9.98 Å². The number of rotatable bonds is 10. The van der Waals surface area contributed by atoms with E-state index in [0.29, 0.717) is 11.8 Å².